The highest BCUT2D eigenvalue weighted by atomic mass is 16.5. The predicted molar refractivity (Wildman–Crippen MR) is 76.2 cm³/mol. The summed E-state index contributed by atoms with van der Waals surface area (Å²) < 4.78 is 10.4. The van der Waals surface area contributed by atoms with Gasteiger partial charge in [-0.3, -0.25) is 9.69 Å². The van der Waals surface area contributed by atoms with E-state index in [1.54, 1.807) is 0 Å². The number of hydrogen-bond donors (Lipinski definition) is 1. The number of carboxylic acid groups (broad SMARTS) is 1. The Morgan fingerprint density at radius 2 is 2.05 bits per heavy atom. The maximum Gasteiger partial charge on any atom is 0.335 e. The quantitative estimate of drug-likeness (QED) is 0.797. The molecule has 21 heavy (non-hydrogen) atoms. The Hall–Kier alpha value is -1.92. The summed E-state index contributed by atoms with van der Waals surface area (Å²) in [7, 11) is 1.47. The molecule has 6 heteroatoms. The van der Waals surface area contributed by atoms with Crippen LogP contribution in [0.5, 0.6) is 5.75 Å². The molecule has 2 rings (SSSR count). The largest absolute Gasteiger partial charge is 0.496 e. The van der Waals surface area contributed by atoms with Crippen LogP contribution in [0.15, 0.2) is 18.2 Å². The van der Waals surface area contributed by atoms with E-state index in [0.717, 1.165) is 13.1 Å². The molecule has 1 aliphatic heterocycles. The van der Waals surface area contributed by atoms with E-state index >= 15 is 0 Å². The standard InChI is InChI=1S/C15H19NO5/c1-20-14-3-2-11(15(18)19)10-12(14)13(17)4-5-16-6-8-21-9-7-16/h2-3,10H,4-9H2,1H3,(H,18,19). The van der Waals surface area contributed by atoms with E-state index in [-0.39, 0.29) is 11.3 Å². The van der Waals surface area contributed by atoms with E-state index in [2.05, 4.69) is 4.90 Å². The molecule has 0 aromatic heterocycles. The molecule has 0 aliphatic carbocycles. The maximum absolute atomic E-state index is 12.3. The smallest absolute Gasteiger partial charge is 0.335 e. The number of methoxy groups -OCH3 is 1. The molecule has 0 radical (unpaired) electrons. The van der Waals surface area contributed by atoms with Crippen molar-refractivity contribution in [2.24, 2.45) is 0 Å². The molecule has 1 aromatic rings. The molecule has 1 N–H and O–H groups in total. The molecule has 1 aromatic carbocycles. The number of carbonyl (C=O) groups excluding carboxylic acids is 1. The molecular weight excluding hydrogens is 274 g/mol. The lowest BCUT2D eigenvalue weighted by molar-refractivity contribution is 0.0370. The van der Waals surface area contributed by atoms with Crippen LogP contribution in [-0.4, -0.2) is 61.7 Å². The maximum atomic E-state index is 12.3. The zero-order valence-electron chi connectivity index (χ0n) is 12.0. The van der Waals surface area contributed by atoms with Crippen LogP contribution in [0.3, 0.4) is 0 Å². The molecule has 1 aliphatic rings. The van der Waals surface area contributed by atoms with Crippen molar-refractivity contribution in [3.63, 3.8) is 0 Å². The Kier molecular flexibility index (Phi) is 5.30. The number of carboxylic acids is 1. The molecule has 0 unspecified atom stereocenters. The highest BCUT2D eigenvalue weighted by molar-refractivity contribution is 6.01. The topological polar surface area (TPSA) is 76.1 Å². The molecule has 1 fully saturated rings. The van der Waals surface area contributed by atoms with Crippen LogP contribution in [0.4, 0.5) is 0 Å². The van der Waals surface area contributed by atoms with Crippen molar-refractivity contribution in [1.82, 2.24) is 4.90 Å². The van der Waals surface area contributed by atoms with Gasteiger partial charge < -0.3 is 14.6 Å². The van der Waals surface area contributed by atoms with Gasteiger partial charge in [0.15, 0.2) is 5.78 Å². The summed E-state index contributed by atoms with van der Waals surface area (Å²) in [5, 5.41) is 9.01. The zero-order valence-corrected chi connectivity index (χ0v) is 12.0. The van der Waals surface area contributed by atoms with Crippen molar-refractivity contribution >= 4 is 11.8 Å². The zero-order chi connectivity index (χ0) is 15.2. The van der Waals surface area contributed by atoms with Crippen molar-refractivity contribution in [2.75, 3.05) is 40.0 Å². The molecular formula is C15H19NO5. The molecule has 6 nitrogen and oxygen atoms in total. The molecule has 0 amide bonds. The highest BCUT2D eigenvalue weighted by Crippen LogP contribution is 2.22. The summed E-state index contributed by atoms with van der Waals surface area (Å²) in [5.41, 5.74) is 0.413. The van der Waals surface area contributed by atoms with Crippen LogP contribution < -0.4 is 4.74 Å². The fourth-order valence-corrected chi connectivity index (χ4v) is 2.28. The lowest BCUT2D eigenvalue weighted by atomic mass is 10.0. The Labute approximate surface area is 123 Å². The fourth-order valence-electron chi connectivity index (χ4n) is 2.28. The Morgan fingerprint density at radius 3 is 2.67 bits per heavy atom. The molecule has 114 valence electrons. The normalized spacial score (nSPS) is 15.7. The van der Waals surface area contributed by atoms with E-state index in [1.165, 1.54) is 25.3 Å². The first-order chi connectivity index (χ1) is 10.1. The minimum absolute atomic E-state index is 0.0884. The number of carbonyl (C=O) groups is 2. The SMILES string of the molecule is COc1ccc(C(=O)O)cc1C(=O)CCN1CCOCC1. The van der Waals surface area contributed by atoms with E-state index < -0.39 is 5.97 Å². The van der Waals surface area contributed by atoms with E-state index in [1.807, 2.05) is 0 Å². The molecule has 0 saturated carbocycles. The van der Waals surface area contributed by atoms with Gasteiger partial charge in [-0.1, -0.05) is 0 Å². The molecule has 1 saturated heterocycles. The Morgan fingerprint density at radius 1 is 1.33 bits per heavy atom. The number of Topliss-reactive ketones (excluding diaryl/α,β-unsaturated/α-hetero) is 1. The van der Waals surface area contributed by atoms with Crippen LogP contribution in [0.2, 0.25) is 0 Å². The molecule has 0 atom stereocenters. The first-order valence-corrected chi connectivity index (χ1v) is 6.86. The van der Waals surface area contributed by atoms with E-state index in [0.29, 0.717) is 37.5 Å². The summed E-state index contributed by atoms with van der Waals surface area (Å²) in [4.78, 5) is 25.5. The van der Waals surface area contributed by atoms with Crippen molar-refractivity contribution in [3.05, 3.63) is 29.3 Å². The van der Waals surface area contributed by atoms with Gasteiger partial charge in [0, 0.05) is 26.1 Å². The number of benzene rings is 1. The van der Waals surface area contributed by atoms with Gasteiger partial charge in [-0.15, -0.1) is 0 Å². The Bertz CT molecular complexity index is 523. The average molecular weight is 293 g/mol. The van der Waals surface area contributed by atoms with Crippen LogP contribution in [0.25, 0.3) is 0 Å². The highest BCUT2D eigenvalue weighted by Gasteiger charge is 2.17. The third-order valence-corrected chi connectivity index (χ3v) is 3.51. The van der Waals surface area contributed by atoms with Gasteiger partial charge >= 0.3 is 5.97 Å². The van der Waals surface area contributed by atoms with Gasteiger partial charge in [0.1, 0.15) is 5.75 Å². The summed E-state index contributed by atoms with van der Waals surface area (Å²) in [6, 6.07) is 4.33. The summed E-state index contributed by atoms with van der Waals surface area (Å²) in [5.74, 6) is -0.756. The molecule has 0 bridgehead atoms. The second kappa shape index (κ2) is 7.19. The van der Waals surface area contributed by atoms with Gasteiger partial charge in [0.2, 0.25) is 0 Å². The minimum Gasteiger partial charge on any atom is -0.496 e. The number of aromatic carboxylic acids is 1. The monoisotopic (exact) mass is 293 g/mol. The van der Waals surface area contributed by atoms with Crippen molar-refractivity contribution in [3.8, 4) is 5.75 Å². The van der Waals surface area contributed by atoms with Gasteiger partial charge in [-0.2, -0.15) is 0 Å². The number of rotatable bonds is 6. The second-order valence-corrected chi connectivity index (χ2v) is 4.85. The van der Waals surface area contributed by atoms with Crippen LogP contribution in [0.1, 0.15) is 27.1 Å². The molecule has 1 heterocycles. The summed E-state index contributed by atoms with van der Waals surface area (Å²) >= 11 is 0. The van der Waals surface area contributed by atoms with Gasteiger partial charge in [0.25, 0.3) is 0 Å². The van der Waals surface area contributed by atoms with E-state index in [9.17, 15) is 9.59 Å². The summed E-state index contributed by atoms with van der Waals surface area (Å²) in [6.45, 7) is 3.65. The third kappa shape index (κ3) is 4.03. The fraction of sp³-hybridized carbons (Fsp3) is 0.467. The summed E-state index contributed by atoms with van der Waals surface area (Å²) in [6.07, 6.45) is 0.333. The number of ketones is 1. The van der Waals surface area contributed by atoms with Crippen molar-refractivity contribution in [1.29, 1.82) is 0 Å². The lowest BCUT2D eigenvalue weighted by Crippen LogP contribution is -2.37. The number of morpholine rings is 1. The number of nitrogens with zero attached hydrogens (tertiary/aromatic N) is 1. The van der Waals surface area contributed by atoms with Crippen LogP contribution in [0, 0.1) is 0 Å². The second-order valence-electron chi connectivity index (χ2n) is 4.85. The third-order valence-electron chi connectivity index (χ3n) is 3.51. The minimum atomic E-state index is -1.06. The van der Waals surface area contributed by atoms with Crippen LogP contribution in [-0.2, 0) is 4.74 Å². The van der Waals surface area contributed by atoms with Crippen LogP contribution >= 0.6 is 0 Å². The van der Waals surface area contributed by atoms with Crippen molar-refractivity contribution in [2.45, 2.75) is 6.42 Å². The number of hydrogen-bond acceptors (Lipinski definition) is 5. The van der Waals surface area contributed by atoms with Gasteiger partial charge in [0.05, 0.1) is 31.5 Å². The lowest BCUT2D eigenvalue weighted by Gasteiger charge is -2.26. The number of ether oxygens (including phenoxy) is 2. The van der Waals surface area contributed by atoms with Crippen molar-refractivity contribution < 1.29 is 24.2 Å². The average Bonchev–Trinajstić information content (AvgIpc) is 2.52. The van der Waals surface area contributed by atoms with E-state index in [4.69, 9.17) is 14.6 Å². The van der Waals surface area contributed by atoms with Gasteiger partial charge in [-0.25, -0.2) is 4.79 Å². The first-order valence-electron chi connectivity index (χ1n) is 6.86. The predicted octanol–water partition coefficient (Wildman–Crippen LogP) is 1.30. The van der Waals surface area contributed by atoms with Gasteiger partial charge in [-0.05, 0) is 18.2 Å². The first kappa shape index (κ1) is 15.5. The Balaban J connectivity index is 2.06. The molecule has 0 spiro atoms.